The molecule has 0 saturated carbocycles. The van der Waals surface area contributed by atoms with Gasteiger partial charge in [0.2, 0.25) is 0 Å². The van der Waals surface area contributed by atoms with Crippen molar-refractivity contribution in [2.24, 2.45) is 5.10 Å². The topological polar surface area (TPSA) is 102 Å². The molecule has 0 bridgehead atoms. The maximum absolute atomic E-state index is 11.8. The number of amides is 1. The summed E-state index contributed by atoms with van der Waals surface area (Å²) in [5.41, 5.74) is 3.34. The third-order valence-electron chi connectivity index (χ3n) is 3.12. The van der Waals surface area contributed by atoms with E-state index in [0.29, 0.717) is 0 Å². The van der Waals surface area contributed by atoms with Crippen molar-refractivity contribution in [1.82, 2.24) is 5.43 Å². The van der Waals surface area contributed by atoms with Crippen molar-refractivity contribution < 1.29 is 20.1 Å². The molecular formula is C16H16N2O4. The first kappa shape index (κ1) is 15.4. The molecule has 6 nitrogen and oxygen atoms in total. The van der Waals surface area contributed by atoms with E-state index < -0.39 is 23.2 Å². The molecule has 2 rings (SSSR count). The van der Waals surface area contributed by atoms with Gasteiger partial charge < -0.3 is 15.3 Å². The molecule has 0 radical (unpaired) electrons. The third kappa shape index (κ3) is 3.54. The van der Waals surface area contributed by atoms with E-state index in [1.807, 2.05) is 37.3 Å². The Morgan fingerprint density at radius 2 is 1.73 bits per heavy atom. The van der Waals surface area contributed by atoms with Crippen molar-refractivity contribution in [3.05, 3.63) is 53.6 Å². The van der Waals surface area contributed by atoms with Crippen molar-refractivity contribution >= 4 is 12.1 Å². The van der Waals surface area contributed by atoms with Gasteiger partial charge in [0.05, 0.1) is 0 Å². The summed E-state index contributed by atoms with van der Waals surface area (Å²) in [4.78, 5) is 11.8. The fourth-order valence-corrected chi connectivity index (χ4v) is 1.85. The highest BCUT2D eigenvalue weighted by atomic mass is 16.3. The zero-order chi connectivity index (χ0) is 16.1. The van der Waals surface area contributed by atoms with E-state index >= 15 is 0 Å². The fourth-order valence-electron chi connectivity index (χ4n) is 1.85. The first-order valence-corrected chi connectivity index (χ1v) is 6.62. The molecule has 2 aromatic carbocycles. The Labute approximate surface area is 127 Å². The molecule has 1 amide bonds. The smallest absolute Gasteiger partial charge is 0.271 e. The highest BCUT2D eigenvalue weighted by Gasteiger charge is 2.13. The molecule has 0 aliphatic heterocycles. The van der Waals surface area contributed by atoms with Crippen LogP contribution in [0.25, 0.3) is 0 Å². The summed E-state index contributed by atoms with van der Waals surface area (Å²) in [6.45, 7) is 1.93. The van der Waals surface area contributed by atoms with E-state index in [2.05, 4.69) is 10.5 Å². The van der Waals surface area contributed by atoms with Gasteiger partial charge in [0, 0.05) is 17.7 Å². The second-order valence-corrected chi connectivity index (χ2v) is 4.78. The van der Waals surface area contributed by atoms with E-state index in [1.54, 1.807) is 6.21 Å². The van der Waals surface area contributed by atoms with Crippen LogP contribution < -0.4 is 5.43 Å². The van der Waals surface area contributed by atoms with Crippen LogP contribution in [0.2, 0.25) is 0 Å². The second kappa shape index (κ2) is 6.62. The molecule has 1 unspecified atom stereocenters. The van der Waals surface area contributed by atoms with E-state index in [9.17, 15) is 20.1 Å². The monoisotopic (exact) mass is 300 g/mol. The van der Waals surface area contributed by atoms with Crippen LogP contribution in [0, 0.1) is 0 Å². The lowest BCUT2D eigenvalue weighted by Crippen LogP contribution is -2.18. The summed E-state index contributed by atoms with van der Waals surface area (Å²) >= 11 is 0. The molecule has 114 valence electrons. The van der Waals surface area contributed by atoms with Crippen LogP contribution in [0.3, 0.4) is 0 Å². The molecule has 0 aromatic heterocycles. The van der Waals surface area contributed by atoms with Crippen LogP contribution in [0.4, 0.5) is 0 Å². The molecule has 0 aliphatic rings. The largest absolute Gasteiger partial charge is 0.504 e. The minimum Gasteiger partial charge on any atom is -0.504 e. The van der Waals surface area contributed by atoms with Gasteiger partial charge in [0.25, 0.3) is 5.91 Å². The van der Waals surface area contributed by atoms with Crippen molar-refractivity contribution in [2.45, 2.75) is 12.8 Å². The Balaban J connectivity index is 2.02. The maximum Gasteiger partial charge on any atom is 0.271 e. The van der Waals surface area contributed by atoms with Gasteiger partial charge in [-0.05, 0) is 17.7 Å². The van der Waals surface area contributed by atoms with E-state index in [4.69, 9.17) is 0 Å². The van der Waals surface area contributed by atoms with Crippen molar-refractivity contribution in [2.75, 3.05) is 0 Å². The lowest BCUT2D eigenvalue weighted by atomic mass is 10.0. The third-order valence-corrected chi connectivity index (χ3v) is 3.12. The van der Waals surface area contributed by atoms with Crippen LogP contribution in [0.5, 0.6) is 17.2 Å². The lowest BCUT2D eigenvalue weighted by molar-refractivity contribution is 0.0954. The summed E-state index contributed by atoms with van der Waals surface area (Å²) in [7, 11) is 0. The Hall–Kier alpha value is -3.02. The first-order valence-electron chi connectivity index (χ1n) is 6.62. The Morgan fingerprint density at radius 3 is 2.32 bits per heavy atom. The molecular weight excluding hydrogens is 284 g/mol. The van der Waals surface area contributed by atoms with Gasteiger partial charge in [0.1, 0.15) is 0 Å². The minimum atomic E-state index is -0.669. The number of nitrogens with zero attached hydrogens (tertiary/aromatic N) is 1. The van der Waals surface area contributed by atoms with E-state index in [0.717, 1.165) is 17.7 Å². The van der Waals surface area contributed by atoms with Gasteiger partial charge in [-0.1, -0.05) is 37.3 Å². The number of carbonyl (C=O) groups is 1. The number of hydrogen-bond donors (Lipinski definition) is 4. The number of hydrogen-bond acceptors (Lipinski definition) is 5. The van der Waals surface area contributed by atoms with Gasteiger partial charge in [-0.25, -0.2) is 5.43 Å². The zero-order valence-corrected chi connectivity index (χ0v) is 11.9. The normalized spacial score (nSPS) is 12.2. The standard InChI is InChI=1S/C16H16N2O4/c1-10(11-5-3-2-4-6-11)9-17-18-16(22)12-7-13(19)15(21)14(20)8-12/h2-10,19-21H,1H3,(H,18,22)/b17-9+. The highest BCUT2D eigenvalue weighted by Crippen LogP contribution is 2.35. The second-order valence-electron chi connectivity index (χ2n) is 4.78. The lowest BCUT2D eigenvalue weighted by Gasteiger charge is -2.06. The van der Waals surface area contributed by atoms with Crippen molar-refractivity contribution in [3.63, 3.8) is 0 Å². The molecule has 4 N–H and O–H groups in total. The van der Waals surface area contributed by atoms with Gasteiger partial charge >= 0.3 is 0 Å². The van der Waals surface area contributed by atoms with Crippen LogP contribution in [0.15, 0.2) is 47.6 Å². The Bertz CT molecular complexity index is 676. The van der Waals surface area contributed by atoms with E-state index in [1.165, 1.54) is 0 Å². The predicted molar refractivity (Wildman–Crippen MR) is 82.3 cm³/mol. The van der Waals surface area contributed by atoms with E-state index in [-0.39, 0.29) is 11.5 Å². The molecule has 0 saturated heterocycles. The molecule has 0 spiro atoms. The molecule has 0 fully saturated rings. The average molecular weight is 300 g/mol. The van der Waals surface area contributed by atoms with Crippen LogP contribution in [-0.4, -0.2) is 27.4 Å². The Kier molecular flexibility index (Phi) is 4.63. The molecule has 2 aromatic rings. The zero-order valence-electron chi connectivity index (χ0n) is 11.9. The quantitative estimate of drug-likeness (QED) is 0.395. The van der Waals surface area contributed by atoms with Crippen LogP contribution in [0.1, 0.15) is 28.8 Å². The average Bonchev–Trinajstić information content (AvgIpc) is 2.52. The maximum atomic E-state index is 11.8. The summed E-state index contributed by atoms with van der Waals surface area (Å²) in [5, 5.41) is 31.8. The summed E-state index contributed by atoms with van der Waals surface area (Å²) in [6.07, 6.45) is 1.58. The molecule has 0 heterocycles. The first-order chi connectivity index (χ1) is 10.5. The number of rotatable bonds is 4. The fraction of sp³-hybridized carbons (Fsp3) is 0.125. The Morgan fingerprint density at radius 1 is 1.14 bits per heavy atom. The number of phenols is 3. The van der Waals surface area contributed by atoms with Gasteiger partial charge in [-0.15, -0.1) is 0 Å². The number of carbonyl (C=O) groups excluding carboxylic acids is 1. The van der Waals surface area contributed by atoms with Crippen molar-refractivity contribution in [3.8, 4) is 17.2 Å². The highest BCUT2D eigenvalue weighted by molar-refractivity contribution is 5.95. The van der Waals surface area contributed by atoms with Gasteiger partial charge in [-0.3, -0.25) is 4.79 Å². The molecule has 22 heavy (non-hydrogen) atoms. The van der Waals surface area contributed by atoms with Crippen molar-refractivity contribution in [1.29, 1.82) is 0 Å². The van der Waals surface area contributed by atoms with Crippen LogP contribution in [-0.2, 0) is 0 Å². The summed E-state index contributed by atoms with van der Waals surface area (Å²) < 4.78 is 0. The molecule has 1 atom stereocenters. The minimum absolute atomic E-state index is 0.0164. The summed E-state index contributed by atoms with van der Waals surface area (Å²) in [5.74, 6) is -2.42. The molecule has 0 aliphatic carbocycles. The number of hydrazone groups is 1. The number of phenolic OH excluding ortho intramolecular Hbond substituents is 3. The number of nitrogens with one attached hydrogen (secondary N) is 1. The molecule has 6 heteroatoms. The van der Waals surface area contributed by atoms with Gasteiger partial charge in [0.15, 0.2) is 17.2 Å². The number of aromatic hydroxyl groups is 3. The van der Waals surface area contributed by atoms with Crippen LogP contribution >= 0.6 is 0 Å². The SMILES string of the molecule is CC(/C=N/NC(=O)c1cc(O)c(O)c(O)c1)c1ccccc1. The number of benzene rings is 2. The van der Waals surface area contributed by atoms with Gasteiger partial charge in [-0.2, -0.15) is 5.10 Å². The summed E-state index contributed by atoms with van der Waals surface area (Å²) in [6, 6.07) is 11.7. The predicted octanol–water partition coefficient (Wildman–Crippen LogP) is 2.32.